The Morgan fingerprint density at radius 1 is 1.25 bits per heavy atom. The smallest absolute Gasteiger partial charge is 0.161 e. The molecule has 4 nitrogen and oxygen atoms in total. The summed E-state index contributed by atoms with van der Waals surface area (Å²) >= 11 is 0. The van der Waals surface area contributed by atoms with Crippen LogP contribution in [0.2, 0.25) is 0 Å². The highest BCUT2D eigenvalue weighted by Gasteiger charge is 2.07. The monoisotopic (exact) mass is 217 g/mol. The van der Waals surface area contributed by atoms with Crippen molar-refractivity contribution in [3.8, 4) is 0 Å². The Balaban J connectivity index is 0.000000606. The van der Waals surface area contributed by atoms with Crippen molar-refractivity contribution in [3.05, 3.63) is 30.1 Å². The first-order chi connectivity index (χ1) is 7.70. The molecular formula is C12H15N3O. The zero-order chi connectivity index (χ0) is 12.1. The molecule has 2 aromatic rings. The van der Waals surface area contributed by atoms with Gasteiger partial charge in [0.15, 0.2) is 5.78 Å². The van der Waals surface area contributed by atoms with Gasteiger partial charge in [-0.3, -0.25) is 4.79 Å². The van der Waals surface area contributed by atoms with Crippen LogP contribution in [0, 0.1) is 0 Å². The van der Waals surface area contributed by atoms with Gasteiger partial charge in [0.2, 0.25) is 0 Å². The van der Waals surface area contributed by atoms with Gasteiger partial charge in [0.1, 0.15) is 12.1 Å². The number of benzene rings is 1. The summed E-state index contributed by atoms with van der Waals surface area (Å²) in [5.74, 6) is 0.381. The second-order valence-corrected chi connectivity index (χ2v) is 3.02. The lowest BCUT2D eigenvalue weighted by Crippen LogP contribution is -1.99. The zero-order valence-electron chi connectivity index (χ0n) is 9.69. The first kappa shape index (κ1) is 12.1. The number of rotatable bonds is 1. The van der Waals surface area contributed by atoms with E-state index in [1.165, 1.54) is 13.3 Å². The fourth-order valence-electron chi connectivity index (χ4n) is 1.39. The second-order valence-electron chi connectivity index (χ2n) is 3.02. The Labute approximate surface area is 94.5 Å². The normalized spacial score (nSPS) is 9.44. The van der Waals surface area contributed by atoms with Crippen molar-refractivity contribution < 1.29 is 4.79 Å². The highest BCUT2D eigenvalue weighted by Crippen LogP contribution is 2.19. The first-order valence-electron chi connectivity index (χ1n) is 5.20. The number of ketones is 1. The number of aromatic nitrogens is 2. The number of nitrogen functional groups attached to an aromatic ring is 1. The molecule has 0 spiro atoms. The van der Waals surface area contributed by atoms with E-state index in [-0.39, 0.29) is 5.78 Å². The second kappa shape index (κ2) is 5.21. The minimum atomic E-state index is -0.0197. The van der Waals surface area contributed by atoms with Crippen molar-refractivity contribution in [2.24, 2.45) is 0 Å². The van der Waals surface area contributed by atoms with Crippen LogP contribution in [-0.2, 0) is 0 Å². The molecule has 0 aliphatic carbocycles. The number of nitrogens with zero attached hydrogens (tertiary/aromatic N) is 2. The molecule has 0 saturated carbocycles. The molecule has 0 aliphatic rings. The van der Waals surface area contributed by atoms with Crippen LogP contribution >= 0.6 is 0 Å². The molecule has 1 heterocycles. The van der Waals surface area contributed by atoms with Crippen molar-refractivity contribution in [3.63, 3.8) is 0 Å². The number of carbonyl (C=O) groups is 1. The standard InChI is InChI=1S/C10H9N3O.C2H6/c1-6(14)7-3-2-4-8-9(7)12-5-13-10(8)11;1-2/h2-5H,1H3,(H2,11,12,13);1-2H3. The average molecular weight is 217 g/mol. The van der Waals surface area contributed by atoms with Crippen LogP contribution in [0.4, 0.5) is 5.82 Å². The molecular weight excluding hydrogens is 202 g/mol. The number of hydrogen-bond donors (Lipinski definition) is 1. The fraction of sp³-hybridized carbons (Fsp3) is 0.250. The van der Waals surface area contributed by atoms with Gasteiger partial charge in [-0.15, -0.1) is 0 Å². The first-order valence-corrected chi connectivity index (χ1v) is 5.20. The van der Waals surface area contributed by atoms with Gasteiger partial charge in [-0.1, -0.05) is 19.9 Å². The average Bonchev–Trinajstić information content (AvgIpc) is 2.31. The Hall–Kier alpha value is -1.97. The molecule has 1 aromatic heterocycles. The van der Waals surface area contributed by atoms with E-state index in [0.717, 1.165) is 5.39 Å². The van der Waals surface area contributed by atoms with Gasteiger partial charge < -0.3 is 5.73 Å². The molecule has 0 bridgehead atoms. The topological polar surface area (TPSA) is 68.9 Å². The van der Waals surface area contributed by atoms with Crippen LogP contribution in [0.5, 0.6) is 0 Å². The Kier molecular flexibility index (Phi) is 3.94. The molecule has 4 heteroatoms. The summed E-state index contributed by atoms with van der Waals surface area (Å²) in [7, 11) is 0. The maximum absolute atomic E-state index is 11.3. The van der Waals surface area contributed by atoms with Crippen LogP contribution in [0.25, 0.3) is 10.9 Å². The lowest BCUT2D eigenvalue weighted by Gasteiger charge is -2.02. The third-order valence-electron chi connectivity index (χ3n) is 2.07. The largest absolute Gasteiger partial charge is 0.383 e. The minimum Gasteiger partial charge on any atom is -0.383 e. The molecule has 1 aromatic carbocycles. The molecule has 0 saturated heterocycles. The number of fused-ring (bicyclic) bond motifs is 1. The van der Waals surface area contributed by atoms with E-state index < -0.39 is 0 Å². The fourth-order valence-corrected chi connectivity index (χ4v) is 1.39. The van der Waals surface area contributed by atoms with Crippen molar-refractivity contribution in [2.45, 2.75) is 20.8 Å². The molecule has 0 amide bonds. The highest BCUT2D eigenvalue weighted by atomic mass is 16.1. The van der Waals surface area contributed by atoms with Crippen molar-refractivity contribution in [1.29, 1.82) is 0 Å². The summed E-state index contributed by atoms with van der Waals surface area (Å²) in [6, 6.07) is 5.31. The number of hydrogen-bond acceptors (Lipinski definition) is 4. The summed E-state index contributed by atoms with van der Waals surface area (Å²) in [4.78, 5) is 19.2. The molecule has 2 rings (SSSR count). The van der Waals surface area contributed by atoms with Gasteiger partial charge in [-0.25, -0.2) is 9.97 Å². The Bertz CT molecular complexity index is 509. The van der Waals surface area contributed by atoms with Gasteiger partial charge in [0.25, 0.3) is 0 Å². The maximum Gasteiger partial charge on any atom is 0.161 e. The molecule has 2 N–H and O–H groups in total. The molecule has 84 valence electrons. The zero-order valence-corrected chi connectivity index (χ0v) is 9.69. The van der Waals surface area contributed by atoms with Gasteiger partial charge in [0.05, 0.1) is 5.52 Å². The minimum absolute atomic E-state index is 0.0197. The molecule has 16 heavy (non-hydrogen) atoms. The van der Waals surface area contributed by atoms with Crippen molar-refractivity contribution in [1.82, 2.24) is 9.97 Å². The number of anilines is 1. The predicted octanol–water partition coefficient (Wildman–Crippen LogP) is 2.44. The number of carbonyl (C=O) groups excluding carboxylic acids is 1. The third kappa shape index (κ3) is 2.16. The third-order valence-corrected chi connectivity index (χ3v) is 2.07. The van der Waals surface area contributed by atoms with Crippen LogP contribution in [-0.4, -0.2) is 15.8 Å². The van der Waals surface area contributed by atoms with Crippen LogP contribution < -0.4 is 5.73 Å². The van der Waals surface area contributed by atoms with E-state index >= 15 is 0 Å². The number of Topliss-reactive ketones (excluding diaryl/α,β-unsaturated/α-hetero) is 1. The van der Waals surface area contributed by atoms with Crippen LogP contribution in [0.15, 0.2) is 24.5 Å². The Morgan fingerprint density at radius 2 is 1.94 bits per heavy atom. The molecule has 0 aliphatic heterocycles. The quantitative estimate of drug-likeness (QED) is 0.745. The van der Waals surface area contributed by atoms with E-state index in [9.17, 15) is 4.79 Å². The number of nitrogens with two attached hydrogens (primary N) is 1. The van der Waals surface area contributed by atoms with Crippen LogP contribution in [0.3, 0.4) is 0 Å². The molecule has 0 radical (unpaired) electrons. The summed E-state index contributed by atoms with van der Waals surface area (Å²) < 4.78 is 0. The van der Waals surface area contributed by atoms with Crippen molar-refractivity contribution in [2.75, 3.05) is 5.73 Å². The van der Waals surface area contributed by atoms with Crippen LogP contribution in [0.1, 0.15) is 31.1 Å². The molecule has 0 unspecified atom stereocenters. The van der Waals surface area contributed by atoms with E-state index in [0.29, 0.717) is 16.9 Å². The van der Waals surface area contributed by atoms with E-state index in [1.807, 2.05) is 13.8 Å². The molecule has 0 fully saturated rings. The lowest BCUT2D eigenvalue weighted by molar-refractivity contribution is 0.101. The predicted molar refractivity (Wildman–Crippen MR) is 65.3 cm³/mol. The van der Waals surface area contributed by atoms with E-state index in [2.05, 4.69) is 9.97 Å². The lowest BCUT2D eigenvalue weighted by atomic mass is 10.1. The van der Waals surface area contributed by atoms with Gasteiger partial charge in [-0.2, -0.15) is 0 Å². The van der Waals surface area contributed by atoms with E-state index in [1.54, 1.807) is 18.2 Å². The highest BCUT2D eigenvalue weighted by molar-refractivity contribution is 6.07. The summed E-state index contributed by atoms with van der Waals surface area (Å²) in [5, 5.41) is 0.722. The number of para-hydroxylation sites is 1. The SMILES string of the molecule is CC.CC(=O)c1cccc2c(N)ncnc12. The molecule has 0 atom stereocenters. The van der Waals surface area contributed by atoms with Crippen molar-refractivity contribution >= 4 is 22.5 Å². The summed E-state index contributed by atoms with van der Waals surface area (Å²) in [6.45, 7) is 5.51. The summed E-state index contributed by atoms with van der Waals surface area (Å²) in [5.41, 5.74) is 6.86. The summed E-state index contributed by atoms with van der Waals surface area (Å²) in [6.07, 6.45) is 1.37. The van der Waals surface area contributed by atoms with Gasteiger partial charge in [-0.05, 0) is 19.1 Å². The van der Waals surface area contributed by atoms with Gasteiger partial charge >= 0.3 is 0 Å². The maximum atomic E-state index is 11.3. The van der Waals surface area contributed by atoms with E-state index in [4.69, 9.17) is 5.73 Å². The van der Waals surface area contributed by atoms with Gasteiger partial charge in [0, 0.05) is 10.9 Å². The Morgan fingerprint density at radius 3 is 2.56 bits per heavy atom.